The maximum atomic E-state index is 9.10. The Kier molecular flexibility index (Phi) is 5.29. The van der Waals surface area contributed by atoms with Gasteiger partial charge in [-0.15, -0.1) is 0 Å². The van der Waals surface area contributed by atoms with E-state index >= 15 is 0 Å². The molecule has 0 amide bonds. The van der Waals surface area contributed by atoms with Gasteiger partial charge in [0.1, 0.15) is 0 Å². The Balaban J connectivity index is 0.000000232. The Bertz CT molecular complexity index is 420. The normalized spacial score (nSPS) is 17.1. The zero-order valence-corrected chi connectivity index (χ0v) is 9.67. The van der Waals surface area contributed by atoms with Crippen LogP contribution >= 0.6 is 0 Å². The van der Waals surface area contributed by atoms with E-state index < -0.39 is 11.9 Å². The van der Waals surface area contributed by atoms with E-state index in [1.54, 1.807) is 0 Å². The largest absolute Gasteiger partial charge is 0.473 e. The van der Waals surface area contributed by atoms with Gasteiger partial charge in [0.15, 0.2) is 0 Å². The molecule has 6 heteroatoms. The van der Waals surface area contributed by atoms with Crippen molar-refractivity contribution in [2.24, 2.45) is 0 Å². The predicted molar refractivity (Wildman–Crippen MR) is 62.4 cm³/mol. The molecule has 1 aliphatic rings. The second-order valence-corrected chi connectivity index (χ2v) is 3.95. The molecule has 0 heterocycles. The Labute approximate surface area is 104 Å². The summed E-state index contributed by atoms with van der Waals surface area (Å²) in [6.07, 6.45) is 3.06. The van der Waals surface area contributed by atoms with Crippen molar-refractivity contribution in [1.29, 1.82) is 0 Å². The van der Waals surface area contributed by atoms with Crippen molar-refractivity contribution < 1.29 is 25.0 Å². The third-order valence-electron chi connectivity index (χ3n) is 2.71. The predicted octanol–water partition coefficient (Wildman–Crippen LogP) is 0.678. The number of hydroxylamine groups is 1. The van der Waals surface area contributed by atoms with Crippen molar-refractivity contribution in [3.05, 3.63) is 35.4 Å². The number of rotatable bonds is 1. The number of aliphatic carboxylic acids is 2. The zero-order valence-electron chi connectivity index (χ0n) is 9.67. The SMILES string of the molecule is O=C(O)C(=O)O.ONC1CCc2ccccc2C1. The van der Waals surface area contributed by atoms with Crippen LogP contribution in [0, 0.1) is 0 Å². The van der Waals surface area contributed by atoms with Crippen molar-refractivity contribution >= 4 is 11.9 Å². The molecule has 0 spiro atoms. The molecule has 0 saturated heterocycles. The van der Waals surface area contributed by atoms with Crippen molar-refractivity contribution in [2.45, 2.75) is 25.3 Å². The molecule has 1 aromatic carbocycles. The minimum atomic E-state index is -1.82. The summed E-state index contributed by atoms with van der Waals surface area (Å²) >= 11 is 0. The zero-order chi connectivity index (χ0) is 13.5. The van der Waals surface area contributed by atoms with Crippen molar-refractivity contribution in [3.63, 3.8) is 0 Å². The number of aryl methyl sites for hydroxylation is 1. The lowest BCUT2D eigenvalue weighted by molar-refractivity contribution is -0.159. The minimum Gasteiger partial charge on any atom is -0.473 e. The molecule has 0 aromatic heterocycles. The van der Waals surface area contributed by atoms with Crippen LogP contribution < -0.4 is 5.48 Å². The molecule has 4 N–H and O–H groups in total. The molecule has 1 unspecified atom stereocenters. The highest BCUT2D eigenvalue weighted by Gasteiger charge is 2.16. The van der Waals surface area contributed by atoms with Crippen LogP contribution in [0.25, 0.3) is 0 Å². The Morgan fingerprint density at radius 1 is 1.11 bits per heavy atom. The quantitative estimate of drug-likeness (QED) is 0.433. The average molecular weight is 253 g/mol. The number of carbonyl (C=O) groups is 2. The van der Waals surface area contributed by atoms with Gasteiger partial charge >= 0.3 is 11.9 Å². The first-order valence-electron chi connectivity index (χ1n) is 5.47. The lowest BCUT2D eigenvalue weighted by Crippen LogP contribution is -2.31. The summed E-state index contributed by atoms with van der Waals surface area (Å²) < 4.78 is 0. The van der Waals surface area contributed by atoms with Crippen molar-refractivity contribution in [1.82, 2.24) is 5.48 Å². The fraction of sp³-hybridized carbons (Fsp3) is 0.333. The number of benzene rings is 1. The van der Waals surface area contributed by atoms with Gasteiger partial charge in [-0.25, -0.2) is 15.1 Å². The van der Waals surface area contributed by atoms with E-state index in [1.165, 1.54) is 11.1 Å². The monoisotopic (exact) mass is 253 g/mol. The van der Waals surface area contributed by atoms with E-state index in [0.717, 1.165) is 19.3 Å². The van der Waals surface area contributed by atoms with Crippen LogP contribution in [0.4, 0.5) is 0 Å². The second kappa shape index (κ2) is 6.73. The molecular weight excluding hydrogens is 238 g/mol. The Morgan fingerprint density at radius 2 is 1.67 bits per heavy atom. The average Bonchev–Trinajstić information content (AvgIpc) is 2.38. The smallest absolute Gasteiger partial charge is 0.414 e. The van der Waals surface area contributed by atoms with E-state index in [-0.39, 0.29) is 6.04 Å². The van der Waals surface area contributed by atoms with Gasteiger partial charge in [-0.05, 0) is 30.4 Å². The van der Waals surface area contributed by atoms with Crippen LogP contribution in [0.3, 0.4) is 0 Å². The molecule has 98 valence electrons. The molecule has 6 nitrogen and oxygen atoms in total. The highest BCUT2D eigenvalue weighted by molar-refractivity contribution is 6.27. The van der Waals surface area contributed by atoms with Gasteiger partial charge in [-0.1, -0.05) is 24.3 Å². The minimum absolute atomic E-state index is 0.250. The standard InChI is InChI=1S/C10H13NO.C2H2O4/c12-11-10-6-5-8-3-1-2-4-9(8)7-10;3-1(4)2(5)6/h1-4,10-12H,5-7H2;(H,3,4)(H,5,6). The lowest BCUT2D eigenvalue weighted by Gasteiger charge is -2.22. The molecule has 0 bridgehead atoms. The van der Waals surface area contributed by atoms with Gasteiger partial charge in [-0.3, -0.25) is 0 Å². The molecule has 0 fully saturated rings. The lowest BCUT2D eigenvalue weighted by atomic mass is 9.89. The molecule has 0 saturated carbocycles. The van der Waals surface area contributed by atoms with Crippen LogP contribution in [0.15, 0.2) is 24.3 Å². The summed E-state index contributed by atoms with van der Waals surface area (Å²) in [5, 5.41) is 23.5. The third kappa shape index (κ3) is 4.15. The highest BCUT2D eigenvalue weighted by atomic mass is 16.5. The third-order valence-corrected chi connectivity index (χ3v) is 2.71. The topological polar surface area (TPSA) is 107 Å². The maximum Gasteiger partial charge on any atom is 0.414 e. The Morgan fingerprint density at radius 3 is 2.17 bits per heavy atom. The number of fused-ring (bicyclic) bond motifs is 1. The van der Waals surface area contributed by atoms with Gasteiger partial charge in [0, 0.05) is 6.04 Å². The van der Waals surface area contributed by atoms with Gasteiger partial charge < -0.3 is 15.4 Å². The molecule has 0 radical (unpaired) electrons. The van der Waals surface area contributed by atoms with Crippen LogP contribution in [0.2, 0.25) is 0 Å². The molecule has 1 atom stereocenters. The van der Waals surface area contributed by atoms with Crippen LogP contribution in [0.1, 0.15) is 17.5 Å². The first kappa shape index (κ1) is 14.1. The van der Waals surface area contributed by atoms with Crippen LogP contribution in [-0.4, -0.2) is 33.4 Å². The first-order chi connectivity index (χ1) is 8.54. The summed E-state index contributed by atoms with van der Waals surface area (Å²) in [6.45, 7) is 0. The molecular formula is C12H15NO5. The maximum absolute atomic E-state index is 9.10. The van der Waals surface area contributed by atoms with Crippen molar-refractivity contribution in [2.75, 3.05) is 0 Å². The van der Waals surface area contributed by atoms with Gasteiger partial charge in [0.25, 0.3) is 0 Å². The van der Waals surface area contributed by atoms with Gasteiger partial charge in [0.05, 0.1) is 0 Å². The number of nitrogens with one attached hydrogen (secondary N) is 1. The van der Waals surface area contributed by atoms with Gasteiger partial charge in [-0.2, -0.15) is 0 Å². The second-order valence-electron chi connectivity index (χ2n) is 3.95. The van der Waals surface area contributed by atoms with E-state index in [9.17, 15) is 0 Å². The fourth-order valence-electron chi connectivity index (χ4n) is 1.81. The van der Waals surface area contributed by atoms with Crippen LogP contribution in [0.5, 0.6) is 0 Å². The molecule has 2 rings (SSSR count). The molecule has 1 aromatic rings. The summed E-state index contributed by atoms with van der Waals surface area (Å²) in [5.41, 5.74) is 5.15. The first-order valence-corrected chi connectivity index (χ1v) is 5.47. The van der Waals surface area contributed by atoms with E-state index in [1.807, 2.05) is 0 Å². The van der Waals surface area contributed by atoms with Gasteiger partial charge in [0.2, 0.25) is 0 Å². The summed E-state index contributed by atoms with van der Waals surface area (Å²) in [6, 6.07) is 8.69. The van der Waals surface area contributed by atoms with Crippen molar-refractivity contribution in [3.8, 4) is 0 Å². The molecule has 1 aliphatic carbocycles. The van der Waals surface area contributed by atoms with Crippen LogP contribution in [-0.2, 0) is 22.4 Å². The van der Waals surface area contributed by atoms with E-state index in [4.69, 9.17) is 25.0 Å². The molecule has 0 aliphatic heterocycles. The summed E-state index contributed by atoms with van der Waals surface area (Å²) in [4.78, 5) is 18.2. The fourth-order valence-corrected chi connectivity index (χ4v) is 1.81. The number of carboxylic acids is 2. The number of carboxylic acid groups (broad SMARTS) is 2. The summed E-state index contributed by atoms with van der Waals surface area (Å²) in [7, 11) is 0. The summed E-state index contributed by atoms with van der Waals surface area (Å²) in [5.74, 6) is -3.65. The highest BCUT2D eigenvalue weighted by Crippen LogP contribution is 2.20. The van der Waals surface area contributed by atoms with E-state index in [0.29, 0.717) is 0 Å². The Hall–Kier alpha value is -1.92. The van der Waals surface area contributed by atoms with E-state index in [2.05, 4.69) is 29.7 Å². The number of hydrogen-bond acceptors (Lipinski definition) is 4. The number of hydrogen-bond donors (Lipinski definition) is 4. The molecule has 18 heavy (non-hydrogen) atoms.